The molecule has 1 aromatic heterocycles. The molecule has 1 rings (SSSR count). The third-order valence-corrected chi connectivity index (χ3v) is 3.59. The molecule has 1 heterocycles. The van der Waals surface area contributed by atoms with Gasteiger partial charge in [-0.3, -0.25) is 14.5 Å². The van der Waals surface area contributed by atoms with E-state index < -0.39 is 11.9 Å². The van der Waals surface area contributed by atoms with Gasteiger partial charge in [-0.25, -0.2) is 9.78 Å². The summed E-state index contributed by atoms with van der Waals surface area (Å²) in [5, 5.41) is 11.4. The number of hydrogen-bond donors (Lipinski definition) is 2. The first-order chi connectivity index (χ1) is 9.83. The van der Waals surface area contributed by atoms with Gasteiger partial charge in [-0.2, -0.15) is 0 Å². The van der Waals surface area contributed by atoms with Gasteiger partial charge in [0.1, 0.15) is 4.88 Å². The van der Waals surface area contributed by atoms with E-state index in [1.165, 1.54) is 7.11 Å². The molecule has 1 aromatic rings. The molecule has 0 radical (unpaired) electrons. The molecule has 0 aliphatic heterocycles. The molecule has 0 aromatic carbocycles. The highest BCUT2D eigenvalue weighted by Crippen LogP contribution is 2.23. The lowest BCUT2D eigenvalue weighted by Crippen LogP contribution is -2.31. The second-order valence-electron chi connectivity index (χ2n) is 4.35. The molecule has 0 aliphatic rings. The van der Waals surface area contributed by atoms with Crippen LogP contribution in [0.15, 0.2) is 0 Å². The summed E-state index contributed by atoms with van der Waals surface area (Å²) < 4.78 is 4.61. The van der Waals surface area contributed by atoms with Crippen molar-refractivity contribution in [2.24, 2.45) is 0 Å². The van der Waals surface area contributed by atoms with E-state index in [9.17, 15) is 14.4 Å². The minimum atomic E-state index is -0.916. The lowest BCUT2D eigenvalue weighted by molar-refractivity contribution is -0.137. The van der Waals surface area contributed by atoms with Crippen molar-refractivity contribution in [1.82, 2.24) is 9.88 Å². The van der Waals surface area contributed by atoms with Crippen molar-refractivity contribution in [1.29, 1.82) is 0 Å². The number of thiazole rings is 1. The molecule has 0 bridgehead atoms. The predicted molar refractivity (Wildman–Crippen MR) is 76.6 cm³/mol. The Hall–Kier alpha value is -2.00. The molecule has 0 unspecified atom stereocenters. The van der Waals surface area contributed by atoms with Crippen LogP contribution in [-0.4, -0.2) is 60.1 Å². The van der Waals surface area contributed by atoms with Gasteiger partial charge in [0.25, 0.3) is 0 Å². The van der Waals surface area contributed by atoms with Crippen LogP contribution in [0, 0.1) is 6.92 Å². The van der Waals surface area contributed by atoms with Gasteiger partial charge < -0.3 is 15.2 Å². The maximum atomic E-state index is 11.8. The van der Waals surface area contributed by atoms with Crippen molar-refractivity contribution in [2.45, 2.75) is 13.3 Å². The van der Waals surface area contributed by atoms with E-state index >= 15 is 0 Å². The van der Waals surface area contributed by atoms with Crippen LogP contribution in [0.2, 0.25) is 0 Å². The number of carboxylic acid groups (broad SMARTS) is 1. The number of aliphatic carboxylic acids is 1. The SMILES string of the molecule is COC(=O)c1sc(NC(=O)CN(C)CCC(=O)O)nc1C. The number of carbonyl (C=O) groups is 3. The van der Waals surface area contributed by atoms with Crippen LogP contribution in [0.25, 0.3) is 0 Å². The molecule has 0 saturated carbocycles. The number of aromatic nitrogens is 1. The van der Waals surface area contributed by atoms with Crippen molar-refractivity contribution in [3.63, 3.8) is 0 Å². The Morgan fingerprint density at radius 2 is 2.10 bits per heavy atom. The minimum absolute atomic E-state index is 0.0351. The largest absolute Gasteiger partial charge is 0.481 e. The van der Waals surface area contributed by atoms with Crippen molar-refractivity contribution in [3.05, 3.63) is 10.6 Å². The number of nitrogens with one attached hydrogen (secondary N) is 1. The van der Waals surface area contributed by atoms with E-state index in [4.69, 9.17) is 5.11 Å². The number of esters is 1. The van der Waals surface area contributed by atoms with Crippen LogP contribution in [0.4, 0.5) is 5.13 Å². The summed E-state index contributed by atoms with van der Waals surface area (Å²) in [5.74, 6) is -1.74. The molecule has 1 amide bonds. The Balaban J connectivity index is 2.55. The zero-order valence-electron chi connectivity index (χ0n) is 12.0. The van der Waals surface area contributed by atoms with E-state index in [1.54, 1.807) is 18.9 Å². The molecule has 0 spiro atoms. The molecule has 8 nitrogen and oxygen atoms in total. The Labute approximate surface area is 125 Å². The fourth-order valence-electron chi connectivity index (χ4n) is 1.50. The number of ether oxygens (including phenoxy) is 1. The second-order valence-corrected chi connectivity index (χ2v) is 5.35. The number of carboxylic acids is 1. The molecule has 0 aliphatic carbocycles. The minimum Gasteiger partial charge on any atom is -0.481 e. The van der Waals surface area contributed by atoms with E-state index in [0.717, 1.165) is 11.3 Å². The molecule has 116 valence electrons. The Morgan fingerprint density at radius 1 is 1.43 bits per heavy atom. The normalized spacial score (nSPS) is 10.5. The van der Waals surface area contributed by atoms with Crippen molar-refractivity contribution in [2.75, 3.05) is 32.6 Å². The highest BCUT2D eigenvalue weighted by Gasteiger charge is 2.17. The van der Waals surface area contributed by atoms with Gasteiger partial charge in [0.15, 0.2) is 5.13 Å². The molecule has 0 atom stereocenters. The zero-order valence-corrected chi connectivity index (χ0v) is 12.8. The number of aryl methyl sites for hydroxylation is 1. The molecular weight excluding hydrogens is 298 g/mol. The van der Waals surface area contributed by atoms with Crippen molar-refractivity contribution in [3.8, 4) is 0 Å². The Morgan fingerprint density at radius 3 is 2.67 bits per heavy atom. The zero-order chi connectivity index (χ0) is 16.0. The summed E-state index contributed by atoms with van der Waals surface area (Å²) in [5.41, 5.74) is 0.487. The molecule has 9 heteroatoms. The first-order valence-electron chi connectivity index (χ1n) is 6.09. The van der Waals surface area contributed by atoms with Crippen molar-refractivity contribution < 1.29 is 24.2 Å². The van der Waals surface area contributed by atoms with Crippen LogP contribution >= 0.6 is 11.3 Å². The number of nitrogens with zero attached hydrogens (tertiary/aromatic N) is 2. The lowest BCUT2D eigenvalue weighted by Gasteiger charge is -2.13. The topological polar surface area (TPSA) is 109 Å². The molecular formula is C12H17N3O5S. The first-order valence-corrected chi connectivity index (χ1v) is 6.91. The van der Waals surface area contributed by atoms with Gasteiger partial charge in [-0.05, 0) is 14.0 Å². The number of carbonyl (C=O) groups excluding carboxylic acids is 2. The summed E-state index contributed by atoms with van der Waals surface area (Å²) >= 11 is 1.04. The maximum absolute atomic E-state index is 11.8. The summed E-state index contributed by atoms with van der Waals surface area (Å²) in [6.07, 6.45) is -0.0351. The summed E-state index contributed by atoms with van der Waals surface area (Å²) in [6.45, 7) is 1.96. The van der Waals surface area contributed by atoms with Crippen LogP contribution in [0.3, 0.4) is 0 Å². The first kappa shape index (κ1) is 17.1. The highest BCUT2D eigenvalue weighted by atomic mass is 32.1. The molecule has 2 N–H and O–H groups in total. The van der Waals surface area contributed by atoms with E-state index in [2.05, 4.69) is 15.0 Å². The monoisotopic (exact) mass is 315 g/mol. The predicted octanol–water partition coefficient (Wildman–Crippen LogP) is 0.583. The molecule has 0 saturated heterocycles. The van der Waals surface area contributed by atoms with Gasteiger partial charge in [-0.1, -0.05) is 11.3 Å². The van der Waals surface area contributed by atoms with E-state index in [-0.39, 0.29) is 25.4 Å². The Kier molecular flexibility index (Phi) is 6.25. The van der Waals surface area contributed by atoms with E-state index in [1.807, 2.05) is 0 Å². The van der Waals surface area contributed by atoms with Gasteiger partial charge >= 0.3 is 11.9 Å². The van der Waals surface area contributed by atoms with Gasteiger partial charge in [0.05, 0.1) is 25.8 Å². The number of methoxy groups -OCH3 is 1. The summed E-state index contributed by atoms with van der Waals surface area (Å²) in [7, 11) is 2.92. The molecule has 21 heavy (non-hydrogen) atoms. The second kappa shape index (κ2) is 7.70. The molecule has 0 fully saturated rings. The average molecular weight is 315 g/mol. The quantitative estimate of drug-likeness (QED) is 0.708. The Bertz CT molecular complexity index is 543. The third-order valence-electron chi connectivity index (χ3n) is 2.53. The summed E-state index contributed by atoms with van der Waals surface area (Å²) in [6, 6.07) is 0. The smallest absolute Gasteiger partial charge is 0.350 e. The number of amides is 1. The number of hydrogen-bond acceptors (Lipinski definition) is 7. The standard InChI is InChI=1S/C12H17N3O5S/c1-7-10(11(19)20-3)21-12(13-7)14-8(16)6-15(2)5-4-9(17)18/h4-6H2,1-3H3,(H,17,18)(H,13,14,16). The fraction of sp³-hybridized carbons (Fsp3) is 0.500. The van der Waals surface area contributed by atoms with Crippen molar-refractivity contribution >= 4 is 34.3 Å². The van der Waals surface area contributed by atoms with Gasteiger partial charge in [0, 0.05) is 6.54 Å². The lowest BCUT2D eigenvalue weighted by atomic mass is 10.4. The fourth-order valence-corrected chi connectivity index (χ4v) is 2.40. The summed E-state index contributed by atoms with van der Waals surface area (Å²) in [4.78, 5) is 39.6. The van der Waals surface area contributed by atoms with Crippen LogP contribution in [0.1, 0.15) is 21.8 Å². The third kappa shape index (κ3) is 5.48. The maximum Gasteiger partial charge on any atom is 0.350 e. The van der Waals surface area contributed by atoms with Gasteiger partial charge in [-0.15, -0.1) is 0 Å². The van der Waals surface area contributed by atoms with Crippen LogP contribution in [0.5, 0.6) is 0 Å². The number of rotatable bonds is 7. The number of anilines is 1. The van der Waals surface area contributed by atoms with Crippen LogP contribution < -0.4 is 5.32 Å². The average Bonchev–Trinajstić information content (AvgIpc) is 2.76. The number of likely N-dealkylation sites (N-methyl/N-ethyl adjacent to an activating group) is 1. The highest BCUT2D eigenvalue weighted by molar-refractivity contribution is 7.17. The van der Waals surface area contributed by atoms with Crippen LogP contribution in [-0.2, 0) is 14.3 Å². The van der Waals surface area contributed by atoms with E-state index in [0.29, 0.717) is 15.7 Å². The van der Waals surface area contributed by atoms with Gasteiger partial charge in [0.2, 0.25) is 5.91 Å².